The zero-order valence-electron chi connectivity index (χ0n) is 10.4. The Balaban J connectivity index is 2.89. The summed E-state index contributed by atoms with van der Waals surface area (Å²) < 4.78 is 37.2. The Hall–Kier alpha value is -1.08. The number of aliphatic hydroxyl groups excluding tert-OH is 1. The summed E-state index contributed by atoms with van der Waals surface area (Å²) in [6.45, 7) is 0. The molecule has 0 saturated heterocycles. The molecule has 2 N–H and O–H groups in total. The van der Waals surface area contributed by atoms with Crippen LogP contribution in [0.25, 0.3) is 0 Å². The highest BCUT2D eigenvalue weighted by Gasteiger charge is 2.31. The van der Waals surface area contributed by atoms with E-state index in [4.69, 9.17) is 5.11 Å². The Labute approximate surface area is 122 Å². The molecule has 0 heterocycles. The van der Waals surface area contributed by atoms with Crippen LogP contribution in [0.3, 0.4) is 0 Å². The molecule has 112 valence electrons. The van der Waals surface area contributed by atoms with Crippen LogP contribution in [-0.4, -0.2) is 21.5 Å². The molecule has 0 amide bonds. The third-order valence-electron chi connectivity index (χ3n) is 2.93. The molecule has 20 heavy (non-hydrogen) atoms. The summed E-state index contributed by atoms with van der Waals surface area (Å²) >= 11 is 3.16. The van der Waals surface area contributed by atoms with Crippen molar-refractivity contribution in [1.29, 1.82) is 0 Å². The van der Waals surface area contributed by atoms with Crippen LogP contribution >= 0.6 is 15.9 Å². The Morgan fingerprint density at radius 3 is 2.20 bits per heavy atom. The first-order chi connectivity index (χ1) is 9.27. The Bertz CT molecular complexity index is 445. The molecule has 0 bridgehead atoms. The average Bonchev–Trinajstić information content (AvgIpc) is 2.37. The number of carboxylic acids is 1. The van der Waals surface area contributed by atoms with Crippen LogP contribution in [0.2, 0.25) is 0 Å². The first-order valence-electron chi connectivity index (χ1n) is 5.91. The number of carbonyl (C=O) groups is 1. The first-order valence-corrected chi connectivity index (χ1v) is 7.03. The molecule has 0 aromatic heterocycles. The summed E-state index contributed by atoms with van der Waals surface area (Å²) in [7, 11) is 0. The highest BCUT2D eigenvalue weighted by Crippen LogP contribution is 2.32. The summed E-state index contributed by atoms with van der Waals surface area (Å²) in [5.41, 5.74) is -0.666. The van der Waals surface area contributed by atoms with Crippen LogP contribution in [0.15, 0.2) is 24.3 Å². The normalized spacial score (nSPS) is 14.8. The van der Waals surface area contributed by atoms with Gasteiger partial charge >= 0.3 is 12.1 Å². The lowest BCUT2D eigenvalue weighted by Gasteiger charge is -2.19. The molecular formula is C13H14BrF3O3. The van der Waals surface area contributed by atoms with E-state index in [0.29, 0.717) is 11.8 Å². The fraction of sp³-hybridized carbons (Fsp3) is 0.462. The van der Waals surface area contributed by atoms with Crippen molar-refractivity contribution in [2.24, 2.45) is 5.92 Å². The zero-order valence-corrected chi connectivity index (χ0v) is 12.0. The Morgan fingerprint density at radius 1 is 1.25 bits per heavy atom. The van der Waals surface area contributed by atoms with Gasteiger partial charge in [0.2, 0.25) is 0 Å². The van der Waals surface area contributed by atoms with E-state index in [0.717, 1.165) is 24.3 Å². The maximum Gasteiger partial charge on any atom is 0.416 e. The molecule has 1 aromatic carbocycles. The molecule has 0 fully saturated rings. The van der Waals surface area contributed by atoms with Crippen LogP contribution < -0.4 is 0 Å². The van der Waals surface area contributed by atoms with Crippen molar-refractivity contribution in [2.75, 3.05) is 5.33 Å². The van der Waals surface area contributed by atoms with E-state index in [1.165, 1.54) is 0 Å². The van der Waals surface area contributed by atoms with Crippen LogP contribution in [-0.2, 0) is 11.0 Å². The van der Waals surface area contributed by atoms with Gasteiger partial charge in [0.1, 0.15) is 0 Å². The highest BCUT2D eigenvalue weighted by atomic mass is 79.9. The van der Waals surface area contributed by atoms with Crippen LogP contribution in [0, 0.1) is 5.92 Å². The van der Waals surface area contributed by atoms with Gasteiger partial charge < -0.3 is 10.2 Å². The maximum absolute atomic E-state index is 12.4. The van der Waals surface area contributed by atoms with E-state index in [-0.39, 0.29) is 12.0 Å². The van der Waals surface area contributed by atoms with Crippen LogP contribution in [0.1, 0.15) is 30.1 Å². The van der Waals surface area contributed by atoms with Gasteiger partial charge in [-0.05, 0) is 30.5 Å². The van der Waals surface area contributed by atoms with Crippen molar-refractivity contribution < 1.29 is 28.2 Å². The lowest BCUT2D eigenvalue weighted by Crippen LogP contribution is -2.22. The van der Waals surface area contributed by atoms with Gasteiger partial charge in [-0.2, -0.15) is 13.2 Å². The average molecular weight is 355 g/mol. The molecule has 2 atom stereocenters. The number of aliphatic hydroxyl groups is 1. The van der Waals surface area contributed by atoms with Gasteiger partial charge in [0, 0.05) is 5.33 Å². The molecule has 0 saturated carbocycles. The summed E-state index contributed by atoms with van der Waals surface area (Å²) in [5, 5.41) is 19.6. The minimum atomic E-state index is -4.45. The number of hydrogen-bond acceptors (Lipinski definition) is 2. The van der Waals surface area contributed by atoms with Gasteiger partial charge in [-0.15, -0.1) is 0 Å². The van der Waals surface area contributed by atoms with Crippen molar-refractivity contribution in [3.63, 3.8) is 0 Å². The van der Waals surface area contributed by atoms with Crippen molar-refractivity contribution in [3.8, 4) is 0 Å². The third kappa shape index (κ3) is 4.49. The molecule has 0 aliphatic rings. The van der Waals surface area contributed by atoms with E-state index >= 15 is 0 Å². The molecule has 1 rings (SSSR count). The predicted molar refractivity (Wildman–Crippen MR) is 70.6 cm³/mol. The van der Waals surface area contributed by atoms with Crippen molar-refractivity contribution in [2.45, 2.75) is 25.1 Å². The van der Waals surface area contributed by atoms with Gasteiger partial charge in [0.25, 0.3) is 0 Å². The van der Waals surface area contributed by atoms with Crippen molar-refractivity contribution in [3.05, 3.63) is 35.4 Å². The van der Waals surface area contributed by atoms with Gasteiger partial charge in [0.15, 0.2) is 0 Å². The number of alkyl halides is 4. The van der Waals surface area contributed by atoms with E-state index in [1.807, 2.05) is 0 Å². The van der Waals surface area contributed by atoms with Crippen molar-refractivity contribution in [1.82, 2.24) is 0 Å². The number of benzene rings is 1. The molecule has 0 unspecified atom stereocenters. The zero-order chi connectivity index (χ0) is 15.3. The fourth-order valence-electron chi connectivity index (χ4n) is 1.82. The van der Waals surface area contributed by atoms with Crippen molar-refractivity contribution >= 4 is 21.9 Å². The predicted octanol–water partition coefficient (Wildman–Crippen LogP) is 3.61. The second-order valence-electron chi connectivity index (χ2n) is 4.34. The highest BCUT2D eigenvalue weighted by molar-refractivity contribution is 9.09. The summed E-state index contributed by atoms with van der Waals surface area (Å²) in [6, 6.07) is 3.89. The Kier molecular flexibility index (Phi) is 6.01. The molecule has 3 nitrogen and oxygen atoms in total. The van der Waals surface area contributed by atoms with E-state index in [2.05, 4.69) is 15.9 Å². The molecule has 0 aliphatic carbocycles. The molecule has 0 spiro atoms. The summed E-state index contributed by atoms with van der Waals surface area (Å²) in [6.07, 6.45) is -4.99. The van der Waals surface area contributed by atoms with E-state index < -0.39 is 29.7 Å². The van der Waals surface area contributed by atoms with Crippen LogP contribution in [0.5, 0.6) is 0 Å². The van der Waals surface area contributed by atoms with Gasteiger partial charge in [-0.1, -0.05) is 28.1 Å². The van der Waals surface area contributed by atoms with Gasteiger partial charge in [-0.25, -0.2) is 0 Å². The standard InChI is InChI=1S/C13H14BrF3O3/c14-7-1-2-10(12(19)20)11(18)8-3-5-9(6-4-8)13(15,16)17/h3-6,10-11,18H,1-2,7H2,(H,19,20)/t10-,11+/m1/s1. The van der Waals surface area contributed by atoms with E-state index in [9.17, 15) is 23.1 Å². The minimum absolute atomic E-state index is 0.167. The summed E-state index contributed by atoms with van der Waals surface area (Å²) in [5.74, 6) is -2.21. The molecule has 0 aliphatic heterocycles. The molecule has 7 heteroatoms. The lowest BCUT2D eigenvalue weighted by atomic mass is 9.91. The first kappa shape index (κ1) is 17.0. The quantitative estimate of drug-likeness (QED) is 0.767. The SMILES string of the molecule is O=C(O)[C@H](CCCBr)[C@@H](O)c1ccc(C(F)(F)F)cc1. The second-order valence-corrected chi connectivity index (χ2v) is 5.13. The minimum Gasteiger partial charge on any atom is -0.481 e. The number of rotatable bonds is 6. The fourth-order valence-corrected chi connectivity index (χ4v) is 2.14. The number of carboxylic acid groups (broad SMARTS) is 1. The van der Waals surface area contributed by atoms with Gasteiger partial charge in [-0.3, -0.25) is 4.79 Å². The lowest BCUT2D eigenvalue weighted by molar-refractivity contribution is -0.146. The van der Waals surface area contributed by atoms with Crippen LogP contribution in [0.4, 0.5) is 13.2 Å². The molecule has 1 aromatic rings. The van der Waals surface area contributed by atoms with Gasteiger partial charge in [0.05, 0.1) is 17.6 Å². The smallest absolute Gasteiger partial charge is 0.416 e. The third-order valence-corrected chi connectivity index (χ3v) is 3.49. The number of hydrogen-bond donors (Lipinski definition) is 2. The monoisotopic (exact) mass is 354 g/mol. The number of aliphatic carboxylic acids is 1. The number of halogens is 4. The Morgan fingerprint density at radius 2 is 1.80 bits per heavy atom. The maximum atomic E-state index is 12.4. The topological polar surface area (TPSA) is 57.5 Å². The molecule has 0 radical (unpaired) electrons. The second kappa shape index (κ2) is 7.08. The molecular weight excluding hydrogens is 341 g/mol. The largest absolute Gasteiger partial charge is 0.481 e. The summed E-state index contributed by atoms with van der Waals surface area (Å²) in [4.78, 5) is 11.1. The van der Waals surface area contributed by atoms with E-state index in [1.54, 1.807) is 0 Å².